The maximum atomic E-state index is 12.3. The molecule has 144 valence electrons. The first-order valence-corrected chi connectivity index (χ1v) is 10.1. The lowest BCUT2D eigenvalue weighted by molar-refractivity contribution is -0.116. The van der Waals surface area contributed by atoms with Crippen molar-refractivity contribution in [3.63, 3.8) is 0 Å². The van der Waals surface area contributed by atoms with E-state index in [0.29, 0.717) is 18.2 Å². The van der Waals surface area contributed by atoms with E-state index in [0.717, 1.165) is 31.2 Å². The molecule has 0 saturated heterocycles. The fourth-order valence-corrected chi connectivity index (χ4v) is 3.69. The zero-order valence-corrected chi connectivity index (χ0v) is 16.0. The van der Waals surface area contributed by atoms with Crippen LogP contribution >= 0.6 is 0 Å². The van der Waals surface area contributed by atoms with E-state index in [-0.39, 0.29) is 17.2 Å². The lowest BCUT2D eigenvalue weighted by Gasteiger charge is -2.42. The Morgan fingerprint density at radius 3 is 2.32 bits per heavy atom. The van der Waals surface area contributed by atoms with Crippen LogP contribution in [0.25, 0.3) is 6.08 Å². The van der Waals surface area contributed by atoms with Gasteiger partial charge in [-0.25, -0.2) is 0 Å². The van der Waals surface area contributed by atoms with Crippen LogP contribution < -0.4 is 10.6 Å². The van der Waals surface area contributed by atoms with E-state index in [9.17, 15) is 9.59 Å². The first-order valence-electron chi connectivity index (χ1n) is 10.1. The zero-order chi connectivity index (χ0) is 19.4. The molecule has 2 aliphatic rings. The number of rotatable bonds is 7. The van der Waals surface area contributed by atoms with Gasteiger partial charge in [0.15, 0.2) is 0 Å². The number of nitrogens with one attached hydrogen (secondary N) is 2. The van der Waals surface area contributed by atoms with Crippen LogP contribution in [0, 0.1) is 0 Å². The highest BCUT2D eigenvalue weighted by atomic mass is 16.2. The van der Waals surface area contributed by atoms with Gasteiger partial charge in [0.05, 0.1) is 0 Å². The van der Waals surface area contributed by atoms with Crippen LogP contribution in [-0.2, 0) is 10.2 Å². The lowest BCUT2D eigenvalue weighted by Crippen LogP contribution is -2.45. The van der Waals surface area contributed by atoms with Crippen molar-refractivity contribution in [2.24, 2.45) is 0 Å². The summed E-state index contributed by atoms with van der Waals surface area (Å²) in [6.07, 6.45) is 8.95. The van der Waals surface area contributed by atoms with Crippen molar-refractivity contribution < 1.29 is 9.59 Å². The molecule has 4 heteroatoms. The van der Waals surface area contributed by atoms with E-state index in [1.807, 2.05) is 18.2 Å². The van der Waals surface area contributed by atoms with Crippen molar-refractivity contribution in [1.82, 2.24) is 10.6 Å². The van der Waals surface area contributed by atoms with E-state index in [1.54, 1.807) is 24.3 Å². The molecule has 2 saturated carbocycles. The van der Waals surface area contributed by atoms with Crippen LogP contribution in [0.4, 0.5) is 0 Å². The molecule has 2 aromatic carbocycles. The quantitative estimate of drug-likeness (QED) is 0.724. The highest BCUT2D eigenvalue weighted by Crippen LogP contribution is 2.43. The molecule has 4 nitrogen and oxygen atoms in total. The molecule has 2 fully saturated rings. The Balaban J connectivity index is 1.31. The lowest BCUT2D eigenvalue weighted by atomic mass is 9.64. The molecule has 0 bridgehead atoms. The first-order chi connectivity index (χ1) is 13.6. The minimum atomic E-state index is -0.0854. The molecular weight excluding hydrogens is 348 g/mol. The molecule has 4 rings (SSSR count). The van der Waals surface area contributed by atoms with Crippen molar-refractivity contribution in [1.29, 1.82) is 0 Å². The molecule has 0 unspecified atom stereocenters. The van der Waals surface area contributed by atoms with Gasteiger partial charge in [0.25, 0.3) is 5.91 Å². The predicted octanol–water partition coefficient (Wildman–Crippen LogP) is 3.83. The molecule has 2 aromatic rings. The Labute approximate surface area is 166 Å². The monoisotopic (exact) mass is 374 g/mol. The van der Waals surface area contributed by atoms with Crippen molar-refractivity contribution in [3.05, 3.63) is 77.4 Å². The molecule has 0 aromatic heterocycles. The minimum Gasteiger partial charge on any atom is -0.352 e. The minimum absolute atomic E-state index is 0.0255. The van der Waals surface area contributed by atoms with Gasteiger partial charge in [-0.1, -0.05) is 48.9 Å². The topological polar surface area (TPSA) is 58.2 Å². The second kappa shape index (κ2) is 8.01. The summed E-state index contributed by atoms with van der Waals surface area (Å²) in [7, 11) is 0. The van der Waals surface area contributed by atoms with Gasteiger partial charge >= 0.3 is 0 Å². The molecule has 0 spiro atoms. The van der Waals surface area contributed by atoms with Gasteiger partial charge in [0.1, 0.15) is 0 Å². The fourth-order valence-electron chi connectivity index (χ4n) is 3.69. The molecule has 0 heterocycles. The number of amides is 2. The predicted molar refractivity (Wildman–Crippen MR) is 111 cm³/mol. The maximum Gasteiger partial charge on any atom is 0.251 e. The van der Waals surface area contributed by atoms with Gasteiger partial charge in [-0.3, -0.25) is 9.59 Å². The van der Waals surface area contributed by atoms with E-state index in [1.165, 1.54) is 12.0 Å². The molecule has 2 N–H and O–H groups in total. The van der Waals surface area contributed by atoms with Crippen LogP contribution in [0.1, 0.15) is 53.6 Å². The molecule has 0 atom stereocenters. The van der Waals surface area contributed by atoms with Gasteiger partial charge in [-0.2, -0.15) is 0 Å². The summed E-state index contributed by atoms with van der Waals surface area (Å²) in [5.74, 6) is -0.111. The van der Waals surface area contributed by atoms with E-state index >= 15 is 0 Å². The fraction of sp³-hybridized carbons (Fsp3) is 0.333. The summed E-state index contributed by atoms with van der Waals surface area (Å²) < 4.78 is 0. The standard InChI is InChI=1S/C24H26N2O2/c27-22(25-17-24(15-4-16-24)20-5-2-1-3-6-20)14-9-18-7-10-19(11-8-18)23(28)26-21-12-13-21/h1-3,5-11,14,21H,4,12-13,15-17H2,(H,25,27)(H,26,28)/b14-9+. The van der Waals surface area contributed by atoms with Crippen molar-refractivity contribution >= 4 is 17.9 Å². The summed E-state index contributed by atoms with van der Waals surface area (Å²) in [6.45, 7) is 0.667. The molecule has 28 heavy (non-hydrogen) atoms. The van der Waals surface area contributed by atoms with Gasteiger partial charge in [-0.15, -0.1) is 0 Å². The average molecular weight is 374 g/mol. The Hall–Kier alpha value is -2.88. The Morgan fingerprint density at radius 1 is 1.00 bits per heavy atom. The summed E-state index contributed by atoms with van der Waals surface area (Å²) in [5, 5.41) is 6.04. The van der Waals surface area contributed by atoms with E-state index in [4.69, 9.17) is 0 Å². The van der Waals surface area contributed by atoms with Crippen molar-refractivity contribution in [3.8, 4) is 0 Å². The van der Waals surface area contributed by atoms with Crippen LogP contribution in [0.15, 0.2) is 60.7 Å². The largest absolute Gasteiger partial charge is 0.352 e. The summed E-state index contributed by atoms with van der Waals surface area (Å²) in [4.78, 5) is 24.3. The third kappa shape index (κ3) is 4.33. The van der Waals surface area contributed by atoms with Crippen molar-refractivity contribution in [2.75, 3.05) is 6.54 Å². The van der Waals surface area contributed by atoms with Crippen LogP contribution in [-0.4, -0.2) is 24.4 Å². The third-order valence-electron chi connectivity index (χ3n) is 5.81. The summed E-state index contributed by atoms with van der Waals surface area (Å²) in [5.41, 5.74) is 2.95. The highest BCUT2D eigenvalue weighted by molar-refractivity contribution is 5.95. The molecule has 2 amide bonds. The number of carbonyl (C=O) groups is 2. The number of carbonyl (C=O) groups excluding carboxylic acids is 2. The van der Waals surface area contributed by atoms with Crippen LogP contribution in [0.3, 0.4) is 0 Å². The number of hydrogen-bond donors (Lipinski definition) is 2. The normalized spacial score (nSPS) is 17.7. The zero-order valence-electron chi connectivity index (χ0n) is 16.0. The molecule has 0 aliphatic heterocycles. The van der Waals surface area contributed by atoms with Crippen molar-refractivity contribution in [2.45, 2.75) is 43.6 Å². The molecule has 2 aliphatic carbocycles. The second-order valence-corrected chi connectivity index (χ2v) is 7.92. The smallest absolute Gasteiger partial charge is 0.251 e. The van der Waals surface area contributed by atoms with Gasteiger partial charge in [0, 0.05) is 29.6 Å². The maximum absolute atomic E-state index is 12.3. The Kier molecular flexibility index (Phi) is 5.29. The molecular formula is C24H26N2O2. The molecule has 0 radical (unpaired) electrons. The summed E-state index contributed by atoms with van der Waals surface area (Å²) in [6, 6.07) is 18.1. The third-order valence-corrected chi connectivity index (χ3v) is 5.81. The summed E-state index contributed by atoms with van der Waals surface area (Å²) >= 11 is 0. The Morgan fingerprint density at radius 2 is 1.71 bits per heavy atom. The van der Waals surface area contributed by atoms with Gasteiger partial charge in [0.2, 0.25) is 5.91 Å². The van der Waals surface area contributed by atoms with Crippen LogP contribution in [0.2, 0.25) is 0 Å². The number of hydrogen-bond acceptors (Lipinski definition) is 2. The highest BCUT2D eigenvalue weighted by Gasteiger charge is 2.38. The van der Waals surface area contributed by atoms with E-state index in [2.05, 4.69) is 34.9 Å². The first kappa shape index (κ1) is 18.5. The van der Waals surface area contributed by atoms with Gasteiger partial charge < -0.3 is 10.6 Å². The van der Waals surface area contributed by atoms with E-state index < -0.39 is 0 Å². The SMILES string of the molecule is O=C(/C=C/c1ccc(C(=O)NC2CC2)cc1)NCC1(c2ccccc2)CCC1. The van der Waals surface area contributed by atoms with Gasteiger partial charge in [-0.05, 0) is 55.0 Å². The average Bonchev–Trinajstić information content (AvgIpc) is 3.51. The van der Waals surface area contributed by atoms with Crippen LogP contribution in [0.5, 0.6) is 0 Å². The number of benzene rings is 2. The Bertz CT molecular complexity index is 863. The second-order valence-electron chi connectivity index (χ2n) is 7.92.